The molecule has 33 heavy (non-hydrogen) atoms. The molecule has 2 aromatic carbocycles. The number of esters is 2. The third-order valence-corrected chi connectivity index (χ3v) is 4.27. The van der Waals surface area contributed by atoms with Crippen molar-refractivity contribution in [1.82, 2.24) is 0 Å². The average molecular weight is 457 g/mol. The molecule has 0 amide bonds. The molecule has 6 nitrogen and oxygen atoms in total. The van der Waals surface area contributed by atoms with Gasteiger partial charge in [-0.25, -0.2) is 4.79 Å². The lowest BCUT2D eigenvalue weighted by molar-refractivity contribution is -0.163. The van der Waals surface area contributed by atoms with Crippen molar-refractivity contribution in [3.05, 3.63) is 59.7 Å². The molecule has 0 unspecified atom stereocenters. The second kappa shape index (κ2) is 10.7. The van der Waals surface area contributed by atoms with Crippen LogP contribution in [0.5, 0.6) is 11.5 Å². The van der Waals surface area contributed by atoms with Gasteiger partial charge >= 0.3 is 11.9 Å². The summed E-state index contributed by atoms with van der Waals surface area (Å²) in [5, 5.41) is 0. The second-order valence-corrected chi connectivity index (χ2v) is 10.2. The van der Waals surface area contributed by atoms with Gasteiger partial charge in [-0.1, -0.05) is 38.1 Å². The summed E-state index contributed by atoms with van der Waals surface area (Å²) < 4.78 is 22.6. The van der Waals surface area contributed by atoms with Crippen LogP contribution in [-0.2, 0) is 19.1 Å². The predicted octanol–water partition coefficient (Wildman–Crippen LogP) is 5.87. The largest absolute Gasteiger partial charge is 0.488 e. The maximum absolute atomic E-state index is 12.5. The van der Waals surface area contributed by atoms with Gasteiger partial charge < -0.3 is 18.9 Å². The summed E-state index contributed by atoms with van der Waals surface area (Å²) in [4.78, 5) is 24.2. The van der Waals surface area contributed by atoms with Crippen molar-refractivity contribution in [2.24, 2.45) is 5.92 Å². The molecule has 0 aromatic heterocycles. The fraction of sp³-hybridized carbons (Fsp3) is 0.481. The molecule has 0 spiro atoms. The number of rotatable bonds is 8. The summed E-state index contributed by atoms with van der Waals surface area (Å²) in [6.07, 6.45) is -0.678. The minimum atomic E-state index is -0.678. The Hall–Kier alpha value is -3.02. The lowest BCUT2D eigenvalue weighted by Crippen LogP contribution is -2.23. The Morgan fingerprint density at radius 1 is 0.727 bits per heavy atom. The summed E-state index contributed by atoms with van der Waals surface area (Å²) in [6.45, 7) is 14.8. The highest BCUT2D eigenvalue weighted by Crippen LogP contribution is 2.30. The predicted molar refractivity (Wildman–Crippen MR) is 127 cm³/mol. The topological polar surface area (TPSA) is 71.1 Å². The van der Waals surface area contributed by atoms with Crippen molar-refractivity contribution in [2.75, 3.05) is 6.61 Å². The van der Waals surface area contributed by atoms with E-state index in [1.165, 1.54) is 0 Å². The van der Waals surface area contributed by atoms with E-state index in [9.17, 15) is 9.59 Å². The van der Waals surface area contributed by atoms with E-state index in [1.54, 1.807) is 13.8 Å². The molecule has 0 N–H and O–H groups in total. The number of ether oxygens (including phenoxy) is 4. The van der Waals surface area contributed by atoms with Crippen LogP contribution in [0.25, 0.3) is 0 Å². The third kappa shape index (κ3) is 9.16. The highest BCUT2D eigenvalue weighted by Gasteiger charge is 2.22. The van der Waals surface area contributed by atoms with Crippen LogP contribution >= 0.6 is 0 Å². The zero-order chi connectivity index (χ0) is 24.8. The van der Waals surface area contributed by atoms with Crippen LogP contribution in [0, 0.1) is 5.92 Å². The van der Waals surface area contributed by atoms with E-state index in [1.807, 2.05) is 90.1 Å². The Morgan fingerprint density at radius 3 is 1.45 bits per heavy atom. The molecule has 0 heterocycles. The summed E-state index contributed by atoms with van der Waals surface area (Å²) in [5.41, 5.74) is 0.890. The van der Waals surface area contributed by atoms with E-state index in [4.69, 9.17) is 18.9 Å². The van der Waals surface area contributed by atoms with Crippen LogP contribution in [-0.4, -0.2) is 29.7 Å². The Kier molecular flexibility index (Phi) is 8.53. The van der Waals surface area contributed by atoms with Crippen molar-refractivity contribution >= 4 is 11.9 Å². The first-order valence-electron chi connectivity index (χ1n) is 11.2. The molecule has 2 rings (SSSR count). The fourth-order valence-electron chi connectivity index (χ4n) is 2.92. The van der Waals surface area contributed by atoms with Crippen LogP contribution in [0.4, 0.5) is 0 Å². The van der Waals surface area contributed by atoms with Gasteiger partial charge in [0.2, 0.25) is 0 Å². The monoisotopic (exact) mass is 456 g/mol. The smallest absolute Gasteiger partial charge is 0.345 e. The zero-order valence-electron chi connectivity index (χ0n) is 20.9. The van der Waals surface area contributed by atoms with Crippen LogP contribution in [0.15, 0.2) is 48.5 Å². The van der Waals surface area contributed by atoms with Crippen molar-refractivity contribution < 1.29 is 28.5 Å². The van der Waals surface area contributed by atoms with Gasteiger partial charge in [0.25, 0.3) is 0 Å². The third-order valence-electron chi connectivity index (χ3n) is 4.27. The standard InChI is InChI=1S/C27H36O6/c1-18(2)25(29)30-17-23(28)31-24(19-9-13-21(14-10-19)32-26(3,4)5)20-11-15-22(16-12-20)33-27(6,7)8/h9-16,18,24H,17H2,1-8H3. The van der Waals surface area contributed by atoms with E-state index >= 15 is 0 Å². The minimum Gasteiger partial charge on any atom is -0.488 e. The van der Waals surface area contributed by atoms with Gasteiger partial charge in [-0.05, 0) is 76.9 Å². The van der Waals surface area contributed by atoms with E-state index < -0.39 is 24.6 Å². The molecular formula is C27H36O6. The second-order valence-electron chi connectivity index (χ2n) is 10.2. The zero-order valence-corrected chi connectivity index (χ0v) is 20.9. The van der Waals surface area contributed by atoms with Crippen LogP contribution in [0.2, 0.25) is 0 Å². The van der Waals surface area contributed by atoms with Gasteiger partial charge in [-0.2, -0.15) is 0 Å². The Bertz CT molecular complexity index is 856. The van der Waals surface area contributed by atoms with Gasteiger partial charge in [0.05, 0.1) is 5.92 Å². The van der Waals surface area contributed by atoms with E-state index in [0.29, 0.717) is 0 Å². The maximum atomic E-state index is 12.5. The first-order chi connectivity index (χ1) is 15.2. The van der Waals surface area contributed by atoms with E-state index in [0.717, 1.165) is 22.6 Å². The molecule has 0 fully saturated rings. The number of carbonyl (C=O) groups excluding carboxylic acids is 2. The Balaban J connectivity index is 2.26. The van der Waals surface area contributed by atoms with Gasteiger partial charge in [0.15, 0.2) is 12.7 Å². The molecule has 0 bridgehead atoms. The number of benzene rings is 2. The lowest BCUT2D eigenvalue weighted by Gasteiger charge is -2.23. The van der Waals surface area contributed by atoms with Crippen LogP contribution < -0.4 is 9.47 Å². The molecule has 2 aromatic rings. The van der Waals surface area contributed by atoms with Gasteiger partial charge in [0, 0.05) is 0 Å². The first kappa shape index (κ1) is 26.2. The lowest BCUT2D eigenvalue weighted by atomic mass is 10.0. The Labute approximate surface area is 197 Å². The Morgan fingerprint density at radius 2 is 1.12 bits per heavy atom. The summed E-state index contributed by atoms with van der Waals surface area (Å²) >= 11 is 0. The van der Waals surface area contributed by atoms with Crippen molar-refractivity contribution in [3.8, 4) is 11.5 Å². The fourth-order valence-corrected chi connectivity index (χ4v) is 2.92. The molecule has 0 aliphatic carbocycles. The summed E-state index contributed by atoms with van der Waals surface area (Å²) in [6, 6.07) is 14.8. The molecule has 0 radical (unpaired) electrons. The van der Waals surface area contributed by atoms with Gasteiger partial charge in [-0.15, -0.1) is 0 Å². The van der Waals surface area contributed by atoms with Crippen LogP contribution in [0.1, 0.15) is 72.6 Å². The van der Waals surface area contributed by atoms with E-state index in [2.05, 4.69) is 0 Å². The minimum absolute atomic E-state index is 0.320. The molecule has 180 valence electrons. The molecule has 0 saturated carbocycles. The van der Waals surface area contributed by atoms with Crippen LogP contribution in [0.3, 0.4) is 0 Å². The average Bonchev–Trinajstić information content (AvgIpc) is 2.69. The molecule has 0 atom stereocenters. The molecular weight excluding hydrogens is 420 g/mol. The highest BCUT2D eigenvalue weighted by atomic mass is 16.6. The number of carbonyl (C=O) groups is 2. The molecule has 0 aliphatic heterocycles. The van der Waals surface area contributed by atoms with Gasteiger partial charge in [0.1, 0.15) is 22.7 Å². The van der Waals surface area contributed by atoms with E-state index in [-0.39, 0.29) is 17.1 Å². The molecule has 0 saturated heterocycles. The molecule has 6 heteroatoms. The van der Waals surface area contributed by atoms with Crippen molar-refractivity contribution in [3.63, 3.8) is 0 Å². The summed E-state index contributed by atoms with van der Waals surface area (Å²) in [7, 11) is 0. The number of hydrogen-bond acceptors (Lipinski definition) is 6. The van der Waals surface area contributed by atoms with Crippen molar-refractivity contribution in [1.29, 1.82) is 0 Å². The van der Waals surface area contributed by atoms with Crippen molar-refractivity contribution in [2.45, 2.75) is 72.7 Å². The SMILES string of the molecule is CC(C)C(=O)OCC(=O)OC(c1ccc(OC(C)(C)C)cc1)c1ccc(OC(C)(C)C)cc1. The first-order valence-corrected chi connectivity index (χ1v) is 11.2. The highest BCUT2D eigenvalue weighted by molar-refractivity contribution is 5.77. The normalized spacial score (nSPS) is 11.9. The van der Waals surface area contributed by atoms with Gasteiger partial charge in [-0.3, -0.25) is 4.79 Å². The number of hydrogen-bond donors (Lipinski definition) is 0. The maximum Gasteiger partial charge on any atom is 0.345 e. The summed E-state index contributed by atoms with van der Waals surface area (Å²) in [5.74, 6) is 0.0430. The quantitative estimate of drug-likeness (QED) is 0.463. The molecule has 0 aliphatic rings.